The summed E-state index contributed by atoms with van der Waals surface area (Å²) in [5.41, 5.74) is 15.4. The van der Waals surface area contributed by atoms with Gasteiger partial charge in [-0.1, -0.05) is 172 Å². The Bertz CT molecular complexity index is 3140. The van der Waals surface area contributed by atoms with Gasteiger partial charge in [-0.25, -0.2) is 0 Å². The van der Waals surface area contributed by atoms with Crippen molar-refractivity contribution in [3.8, 4) is 22.3 Å². The number of furan rings is 1. The van der Waals surface area contributed by atoms with Crippen molar-refractivity contribution in [2.45, 2.75) is 19.3 Å². The van der Waals surface area contributed by atoms with E-state index in [0.717, 1.165) is 55.9 Å². The first-order valence-corrected chi connectivity index (χ1v) is 20.0. The van der Waals surface area contributed by atoms with E-state index in [2.05, 4.69) is 224 Å². The van der Waals surface area contributed by atoms with Crippen LogP contribution < -0.4 is 9.80 Å². The second-order valence-corrected chi connectivity index (χ2v) is 15.7. The first-order chi connectivity index (χ1) is 28.6. The van der Waals surface area contributed by atoms with E-state index < -0.39 is 0 Å². The fourth-order valence-electron chi connectivity index (χ4n) is 9.37. The van der Waals surface area contributed by atoms with E-state index in [1.807, 2.05) is 6.07 Å². The molecule has 2 heterocycles. The van der Waals surface area contributed by atoms with Crippen LogP contribution in [0.4, 0.5) is 34.1 Å². The summed E-state index contributed by atoms with van der Waals surface area (Å²) in [7, 11) is 0. The third kappa shape index (κ3) is 5.28. The number of hydrogen-bond acceptors (Lipinski definition) is 3. The van der Waals surface area contributed by atoms with E-state index in [1.165, 1.54) is 44.3 Å². The molecule has 10 aromatic rings. The molecule has 0 atom stereocenters. The highest BCUT2D eigenvalue weighted by molar-refractivity contribution is 6.12. The van der Waals surface area contributed by atoms with Gasteiger partial charge in [0.2, 0.25) is 0 Å². The maximum absolute atomic E-state index is 6.70. The number of fused-ring (bicyclic) bond motifs is 6. The van der Waals surface area contributed by atoms with E-state index in [1.54, 1.807) is 0 Å². The van der Waals surface area contributed by atoms with Crippen molar-refractivity contribution in [2.75, 3.05) is 9.80 Å². The summed E-state index contributed by atoms with van der Waals surface area (Å²) in [4.78, 5) is 4.95. The molecule has 0 fully saturated rings. The van der Waals surface area contributed by atoms with Gasteiger partial charge in [0.05, 0.1) is 22.7 Å². The number of hydrogen-bond donors (Lipinski definition) is 0. The number of rotatable bonds is 6. The lowest BCUT2D eigenvalue weighted by Crippen LogP contribution is -2.32. The Kier molecular flexibility index (Phi) is 7.84. The largest absolute Gasteiger partial charge is 0.455 e. The molecule has 0 aliphatic carbocycles. The van der Waals surface area contributed by atoms with Gasteiger partial charge in [0.25, 0.3) is 0 Å². The van der Waals surface area contributed by atoms with Crippen LogP contribution in [0.1, 0.15) is 25.0 Å². The molecule has 276 valence electrons. The average molecular weight is 745 g/mol. The van der Waals surface area contributed by atoms with Gasteiger partial charge in [0.1, 0.15) is 11.2 Å². The Morgan fingerprint density at radius 1 is 0.448 bits per heavy atom. The van der Waals surface area contributed by atoms with Crippen molar-refractivity contribution >= 4 is 66.8 Å². The summed E-state index contributed by atoms with van der Waals surface area (Å²) in [5.74, 6) is 0. The van der Waals surface area contributed by atoms with Crippen LogP contribution in [0.2, 0.25) is 0 Å². The normalized spacial score (nSPS) is 13.1. The van der Waals surface area contributed by atoms with Crippen molar-refractivity contribution in [3.63, 3.8) is 0 Å². The minimum atomic E-state index is -0.343. The lowest BCUT2D eigenvalue weighted by molar-refractivity contribution is 0.633. The summed E-state index contributed by atoms with van der Waals surface area (Å²) in [6.07, 6.45) is 0. The number of benzene rings is 9. The van der Waals surface area contributed by atoms with Gasteiger partial charge in [-0.05, 0) is 81.7 Å². The highest BCUT2D eigenvalue weighted by Crippen LogP contribution is 2.58. The third-order valence-electron chi connectivity index (χ3n) is 12.0. The highest BCUT2D eigenvalue weighted by atomic mass is 16.3. The molecule has 0 spiro atoms. The van der Waals surface area contributed by atoms with Gasteiger partial charge in [-0.15, -0.1) is 0 Å². The van der Waals surface area contributed by atoms with Crippen LogP contribution in [0.15, 0.2) is 211 Å². The molecule has 0 saturated heterocycles. The van der Waals surface area contributed by atoms with Crippen molar-refractivity contribution in [2.24, 2.45) is 0 Å². The molecule has 11 rings (SSSR count). The van der Waals surface area contributed by atoms with Crippen LogP contribution >= 0.6 is 0 Å². The highest BCUT2D eigenvalue weighted by Gasteiger charge is 2.40. The molecule has 0 bridgehead atoms. The molecular formula is C55H40N2O. The van der Waals surface area contributed by atoms with Gasteiger partial charge >= 0.3 is 0 Å². The second-order valence-electron chi connectivity index (χ2n) is 15.7. The molecular weight excluding hydrogens is 705 g/mol. The fraction of sp³-hybridized carbons (Fsp3) is 0.0545. The van der Waals surface area contributed by atoms with E-state index in [0.29, 0.717) is 0 Å². The lowest BCUT2D eigenvalue weighted by Gasteiger charge is -2.44. The van der Waals surface area contributed by atoms with Crippen LogP contribution in [0.3, 0.4) is 0 Å². The maximum Gasteiger partial charge on any atom is 0.143 e. The van der Waals surface area contributed by atoms with E-state index in [-0.39, 0.29) is 5.41 Å². The molecule has 58 heavy (non-hydrogen) atoms. The van der Waals surface area contributed by atoms with Crippen LogP contribution in [-0.4, -0.2) is 0 Å². The van der Waals surface area contributed by atoms with E-state index in [9.17, 15) is 0 Å². The molecule has 0 N–H and O–H groups in total. The Morgan fingerprint density at radius 2 is 1.05 bits per heavy atom. The molecule has 0 saturated carbocycles. The zero-order valence-electron chi connectivity index (χ0n) is 32.4. The minimum Gasteiger partial charge on any atom is -0.455 e. The molecule has 1 aliphatic rings. The Balaban J connectivity index is 1.20. The average Bonchev–Trinajstić information content (AvgIpc) is 3.67. The minimum absolute atomic E-state index is 0.343. The molecule has 0 radical (unpaired) electrons. The molecule has 3 heteroatoms. The summed E-state index contributed by atoms with van der Waals surface area (Å²) < 4.78 is 6.70. The van der Waals surface area contributed by atoms with Crippen molar-refractivity contribution in [1.29, 1.82) is 0 Å². The molecule has 0 amide bonds. The molecule has 9 aromatic carbocycles. The first kappa shape index (κ1) is 33.9. The summed E-state index contributed by atoms with van der Waals surface area (Å²) >= 11 is 0. The SMILES string of the molecule is CC1(C)c2ccccc2N(c2c(N(c3ccccc3)c3ccc(-c4ccccc4)cc3)ccc3ccccc23)c2cccc(-c3cccc4c3oc3ccccc34)c21. The number of para-hydroxylation sites is 4. The fourth-order valence-corrected chi connectivity index (χ4v) is 9.37. The smallest absolute Gasteiger partial charge is 0.143 e. The summed E-state index contributed by atoms with van der Waals surface area (Å²) in [6, 6.07) is 74.4. The van der Waals surface area contributed by atoms with E-state index >= 15 is 0 Å². The third-order valence-corrected chi connectivity index (χ3v) is 12.0. The molecule has 1 aromatic heterocycles. The topological polar surface area (TPSA) is 19.6 Å². The molecule has 3 nitrogen and oxygen atoms in total. The van der Waals surface area contributed by atoms with Crippen molar-refractivity contribution in [1.82, 2.24) is 0 Å². The van der Waals surface area contributed by atoms with Crippen LogP contribution in [-0.2, 0) is 5.41 Å². The number of nitrogens with zero attached hydrogens (tertiary/aromatic N) is 2. The standard InChI is InChI=1S/C55H40N2O/c1-55(2)47-27-12-13-28-48(47)57(49-29-16-24-44(52(49)55)46-26-15-25-45-43-23-11-14-30-51(43)58-54(45)46)53-42-22-10-9-19-39(42)33-36-50(53)56(40-20-7-4-8-21-40)41-34-31-38(32-35-41)37-17-5-3-6-18-37/h3-36H,1-2H3. The predicted octanol–water partition coefficient (Wildman–Crippen LogP) is 15.7. The van der Waals surface area contributed by atoms with Crippen LogP contribution in [0, 0.1) is 0 Å². The van der Waals surface area contributed by atoms with Gasteiger partial charge < -0.3 is 14.2 Å². The predicted molar refractivity (Wildman–Crippen MR) is 244 cm³/mol. The first-order valence-electron chi connectivity index (χ1n) is 20.0. The Hall–Kier alpha value is -7.36. The van der Waals surface area contributed by atoms with Gasteiger partial charge in [-0.3, -0.25) is 0 Å². The van der Waals surface area contributed by atoms with Gasteiger partial charge in [0, 0.05) is 38.5 Å². The zero-order chi connectivity index (χ0) is 38.8. The van der Waals surface area contributed by atoms with Crippen molar-refractivity contribution < 1.29 is 4.42 Å². The monoisotopic (exact) mass is 744 g/mol. The van der Waals surface area contributed by atoms with Crippen LogP contribution in [0.5, 0.6) is 0 Å². The van der Waals surface area contributed by atoms with Gasteiger partial charge in [-0.2, -0.15) is 0 Å². The summed E-state index contributed by atoms with van der Waals surface area (Å²) in [5, 5.41) is 4.62. The van der Waals surface area contributed by atoms with Crippen LogP contribution in [0.25, 0.3) is 55.0 Å². The van der Waals surface area contributed by atoms with Gasteiger partial charge in [0.15, 0.2) is 0 Å². The maximum atomic E-state index is 6.70. The van der Waals surface area contributed by atoms with E-state index in [4.69, 9.17) is 4.42 Å². The quantitative estimate of drug-likeness (QED) is 0.169. The number of anilines is 6. The zero-order valence-corrected chi connectivity index (χ0v) is 32.4. The van der Waals surface area contributed by atoms with Crippen molar-refractivity contribution in [3.05, 3.63) is 217 Å². The summed E-state index contributed by atoms with van der Waals surface area (Å²) in [6.45, 7) is 4.75. The lowest BCUT2D eigenvalue weighted by atomic mass is 9.70. The second kappa shape index (κ2) is 13.4. The molecule has 0 unspecified atom stereocenters. The molecule has 1 aliphatic heterocycles. The Labute approximate surface area is 338 Å². The Morgan fingerprint density at radius 3 is 1.88 bits per heavy atom.